The summed E-state index contributed by atoms with van der Waals surface area (Å²) in [6.45, 7) is 1.45. The first kappa shape index (κ1) is 12.9. The summed E-state index contributed by atoms with van der Waals surface area (Å²) in [5, 5.41) is 13.4. The number of benzene rings is 1. The van der Waals surface area contributed by atoms with Gasteiger partial charge in [-0.15, -0.1) is 0 Å². The third-order valence-corrected chi connectivity index (χ3v) is 3.60. The lowest BCUT2D eigenvalue weighted by Gasteiger charge is -2.19. The largest absolute Gasteiger partial charge is 0.379 e. The fourth-order valence-corrected chi connectivity index (χ4v) is 1.64. The van der Waals surface area contributed by atoms with Crippen molar-refractivity contribution in [2.45, 2.75) is 12.5 Å². The number of carbonyl (C=O) groups excluding carboxylic acids is 1. The normalized spacial score (nSPS) is 14.2. The monoisotopic (exact) mass is 309 g/mol. The zero-order valence-electron chi connectivity index (χ0n) is 9.72. The van der Waals surface area contributed by atoms with Crippen LogP contribution in [0.3, 0.4) is 0 Å². The Labute approximate surface area is 112 Å². The van der Waals surface area contributed by atoms with Gasteiger partial charge in [-0.3, -0.25) is 4.79 Å². The minimum absolute atomic E-state index is 0.169. The van der Waals surface area contributed by atoms with Gasteiger partial charge >= 0.3 is 0 Å². The van der Waals surface area contributed by atoms with Gasteiger partial charge in [-0.1, -0.05) is 15.9 Å². The van der Waals surface area contributed by atoms with Gasteiger partial charge in [0.05, 0.1) is 5.52 Å². The summed E-state index contributed by atoms with van der Waals surface area (Å²) in [4.78, 5) is 19.8. The Bertz CT molecular complexity index is 586. The van der Waals surface area contributed by atoms with E-state index in [1.807, 2.05) is 0 Å². The van der Waals surface area contributed by atoms with E-state index in [-0.39, 0.29) is 5.33 Å². The Kier molecular flexibility index (Phi) is 3.58. The average molecular weight is 310 g/mol. The molecule has 0 aliphatic heterocycles. The fraction of sp³-hybridized carbons (Fsp3) is 0.250. The van der Waals surface area contributed by atoms with Crippen molar-refractivity contribution in [3.63, 3.8) is 0 Å². The van der Waals surface area contributed by atoms with Crippen molar-refractivity contribution < 1.29 is 9.90 Å². The zero-order valence-corrected chi connectivity index (χ0v) is 11.3. The summed E-state index contributed by atoms with van der Waals surface area (Å²) in [5.41, 5.74) is -0.0407. The Morgan fingerprint density at radius 2 is 2.33 bits per heavy atom. The number of nitrogens with one attached hydrogen (secondary N) is 1. The fourth-order valence-electron chi connectivity index (χ4n) is 1.39. The van der Waals surface area contributed by atoms with Crippen molar-refractivity contribution in [3.8, 4) is 0 Å². The van der Waals surface area contributed by atoms with E-state index in [2.05, 4.69) is 31.2 Å². The van der Waals surface area contributed by atoms with Crippen molar-refractivity contribution in [1.29, 1.82) is 0 Å². The predicted octanol–water partition coefficient (Wildman–Crippen LogP) is 1.71. The van der Waals surface area contributed by atoms with E-state index in [1.54, 1.807) is 24.4 Å². The molecule has 0 unspecified atom stereocenters. The topological polar surface area (TPSA) is 75.1 Å². The number of aromatic nitrogens is 2. The van der Waals surface area contributed by atoms with Gasteiger partial charge in [0.25, 0.3) is 5.91 Å². The molecule has 2 aromatic rings. The average Bonchev–Trinajstić information content (AvgIpc) is 2.38. The number of fused-ring (bicyclic) bond motifs is 1. The highest BCUT2D eigenvalue weighted by Crippen LogP contribution is 2.18. The predicted molar refractivity (Wildman–Crippen MR) is 72.6 cm³/mol. The Hall–Kier alpha value is -1.53. The standard InChI is InChI=1S/C12H12BrN3O2/c1-12(18,6-13)11(17)16-9-2-3-10-8(4-9)5-14-7-15-10/h2-5,7,18H,6H2,1H3,(H,16,17)/t12-/m0/s1. The first-order valence-corrected chi connectivity index (χ1v) is 6.44. The van der Waals surface area contributed by atoms with Gasteiger partial charge in [0.2, 0.25) is 0 Å². The highest BCUT2D eigenvalue weighted by molar-refractivity contribution is 9.09. The van der Waals surface area contributed by atoms with E-state index < -0.39 is 11.5 Å². The van der Waals surface area contributed by atoms with Gasteiger partial charge in [-0.05, 0) is 25.1 Å². The lowest BCUT2D eigenvalue weighted by molar-refractivity contribution is -0.130. The summed E-state index contributed by atoms with van der Waals surface area (Å²) in [6, 6.07) is 5.28. The molecule has 0 saturated heterocycles. The Morgan fingerprint density at radius 3 is 3.06 bits per heavy atom. The van der Waals surface area contributed by atoms with Gasteiger partial charge in [0.15, 0.2) is 0 Å². The molecule has 5 nitrogen and oxygen atoms in total. The van der Waals surface area contributed by atoms with Crippen molar-refractivity contribution in [1.82, 2.24) is 9.97 Å². The molecule has 0 radical (unpaired) electrons. The van der Waals surface area contributed by atoms with Crippen LogP contribution in [0.5, 0.6) is 0 Å². The number of nitrogens with zero attached hydrogens (tertiary/aromatic N) is 2. The number of anilines is 1. The zero-order chi connectivity index (χ0) is 13.2. The molecular formula is C12H12BrN3O2. The number of aliphatic hydroxyl groups is 1. The van der Waals surface area contributed by atoms with E-state index in [0.717, 1.165) is 10.9 Å². The quantitative estimate of drug-likeness (QED) is 0.846. The second-order valence-corrected chi connectivity index (χ2v) is 4.72. The summed E-state index contributed by atoms with van der Waals surface area (Å²) < 4.78 is 0. The molecule has 94 valence electrons. The lowest BCUT2D eigenvalue weighted by atomic mass is 10.1. The molecule has 0 saturated carbocycles. The van der Waals surface area contributed by atoms with Gasteiger partial charge in [-0.2, -0.15) is 0 Å². The third kappa shape index (κ3) is 2.65. The molecule has 0 bridgehead atoms. The van der Waals surface area contributed by atoms with Crippen LogP contribution in [-0.4, -0.2) is 31.9 Å². The number of hydrogen-bond donors (Lipinski definition) is 2. The SMILES string of the molecule is C[C@](O)(CBr)C(=O)Nc1ccc2ncncc2c1. The van der Waals surface area contributed by atoms with Crippen LogP contribution in [0.15, 0.2) is 30.7 Å². The van der Waals surface area contributed by atoms with Gasteiger partial charge < -0.3 is 10.4 Å². The molecule has 1 aromatic heterocycles. The van der Waals surface area contributed by atoms with Crippen LogP contribution < -0.4 is 5.32 Å². The van der Waals surface area contributed by atoms with E-state index in [1.165, 1.54) is 13.3 Å². The molecule has 0 fully saturated rings. The number of carbonyl (C=O) groups is 1. The number of rotatable bonds is 3. The summed E-state index contributed by atoms with van der Waals surface area (Å²) >= 11 is 3.09. The minimum atomic E-state index is -1.44. The summed E-state index contributed by atoms with van der Waals surface area (Å²) in [7, 11) is 0. The molecular weight excluding hydrogens is 298 g/mol. The smallest absolute Gasteiger partial charge is 0.256 e. The van der Waals surface area contributed by atoms with Crippen LogP contribution >= 0.6 is 15.9 Å². The lowest BCUT2D eigenvalue weighted by Crippen LogP contribution is -2.41. The van der Waals surface area contributed by atoms with Crippen molar-refractivity contribution in [3.05, 3.63) is 30.7 Å². The van der Waals surface area contributed by atoms with Crippen LogP contribution in [0, 0.1) is 0 Å². The Morgan fingerprint density at radius 1 is 1.56 bits per heavy atom. The maximum atomic E-state index is 11.8. The van der Waals surface area contributed by atoms with E-state index >= 15 is 0 Å². The molecule has 2 N–H and O–H groups in total. The molecule has 18 heavy (non-hydrogen) atoms. The van der Waals surface area contributed by atoms with Gasteiger partial charge in [-0.25, -0.2) is 9.97 Å². The van der Waals surface area contributed by atoms with E-state index in [4.69, 9.17) is 0 Å². The molecule has 1 atom stereocenters. The van der Waals surface area contributed by atoms with Crippen LogP contribution in [0.2, 0.25) is 0 Å². The van der Waals surface area contributed by atoms with Crippen LogP contribution in [-0.2, 0) is 4.79 Å². The molecule has 0 aliphatic rings. The van der Waals surface area contributed by atoms with E-state index in [9.17, 15) is 9.90 Å². The van der Waals surface area contributed by atoms with Crippen molar-refractivity contribution in [2.24, 2.45) is 0 Å². The maximum absolute atomic E-state index is 11.8. The molecule has 1 amide bonds. The molecule has 6 heteroatoms. The number of hydrogen-bond acceptors (Lipinski definition) is 4. The second kappa shape index (κ2) is 4.99. The molecule has 0 spiro atoms. The first-order valence-electron chi connectivity index (χ1n) is 5.32. The van der Waals surface area contributed by atoms with Gasteiger partial charge in [0.1, 0.15) is 11.9 Å². The van der Waals surface area contributed by atoms with Crippen LogP contribution in [0.25, 0.3) is 10.9 Å². The third-order valence-electron chi connectivity index (χ3n) is 2.51. The van der Waals surface area contributed by atoms with Crippen LogP contribution in [0.1, 0.15) is 6.92 Å². The van der Waals surface area contributed by atoms with Crippen LogP contribution in [0.4, 0.5) is 5.69 Å². The van der Waals surface area contributed by atoms with E-state index in [0.29, 0.717) is 5.69 Å². The summed E-state index contributed by atoms with van der Waals surface area (Å²) in [6.07, 6.45) is 3.14. The molecule has 1 heterocycles. The molecule has 2 rings (SSSR count). The molecule has 1 aromatic carbocycles. The van der Waals surface area contributed by atoms with Gasteiger partial charge in [0, 0.05) is 22.6 Å². The number of alkyl halides is 1. The van der Waals surface area contributed by atoms with Crippen molar-refractivity contribution in [2.75, 3.05) is 10.6 Å². The number of halogens is 1. The maximum Gasteiger partial charge on any atom is 0.256 e. The second-order valence-electron chi connectivity index (χ2n) is 4.16. The minimum Gasteiger partial charge on any atom is -0.379 e. The highest BCUT2D eigenvalue weighted by atomic mass is 79.9. The Balaban J connectivity index is 2.25. The van der Waals surface area contributed by atoms with Crippen molar-refractivity contribution >= 4 is 38.4 Å². The molecule has 0 aliphatic carbocycles. The number of amides is 1. The highest BCUT2D eigenvalue weighted by Gasteiger charge is 2.28. The summed E-state index contributed by atoms with van der Waals surface area (Å²) in [5.74, 6) is -0.462. The first-order chi connectivity index (χ1) is 8.53.